The van der Waals surface area contributed by atoms with Gasteiger partial charge in [-0.1, -0.05) is 0 Å². The summed E-state index contributed by atoms with van der Waals surface area (Å²) in [6, 6.07) is 9.06. The van der Waals surface area contributed by atoms with Gasteiger partial charge in [0.1, 0.15) is 5.75 Å². The Balaban J connectivity index is 1.65. The summed E-state index contributed by atoms with van der Waals surface area (Å²) in [7, 11) is -3.82. The smallest absolute Gasteiger partial charge is 0.406 e. The van der Waals surface area contributed by atoms with Gasteiger partial charge in [-0.05, 0) is 61.4 Å². The number of alkyl halides is 3. The molecular weight excluding hydrogens is 449 g/mol. The molecule has 32 heavy (non-hydrogen) atoms. The van der Waals surface area contributed by atoms with Crippen molar-refractivity contribution in [3.8, 4) is 5.75 Å². The van der Waals surface area contributed by atoms with Crippen LogP contribution in [0.3, 0.4) is 0 Å². The number of benzene rings is 2. The third-order valence-electron chi connectivity index (χ3n) is 5.03. The normalized spacial score (nSPS) is 14.6. The Bertz CT molecular complexity index is 1130. The van der Waals surface area contributed by atoms with E-state index >= 15 is 0 Å². The predicted octanol–water partition coefficient (Wildman–Crippen LogP) is 3.69. The van der Waals surface area contributed by atoms with E-state index in [4.69, 9.17) is 0 Å². The van der Waals surface area contributed by atoms with Gasteiger partial charge in [0.05, 0.1) is 10.1 Å². The molecule has 0 aliphatic carbocycles. The molecule has 0 spiro atoms. The predicted molar refractivity (Wildman–Crippen MR) is 111 cm³/mol. The van der Waals surface area contributed by atoms with Crippen LogP contribution in [0, 0.1) is 0 Å². The molecule has 0 radical (unpaired) electrons. The van der Waals surface area contributed by atoms with E-state index in [0.717, 1.165) is 17.7 Å². The van der Waals surface area contributed by atoms with Crippen LogP contribution in [0.15, 0.2) is 47.4 Å². The van der Waals surface area contributed by atoms with Crippen molar-refractivity contribution in [2.24, 2.45) is 0 Å². The van der Waals surface area contributed by atoms with Crippen molar-refractivity contribution in [1.82, 2.24) is 0 Å². The molecule has 1 aliphatic rings. The zero-order valence-electron chi connectivity index (χ0n) is 17.3. The molecule has 172 valence electrons. The molecule has 1 aliphatic heterocycles. The molecule has 7 nitrogen and oxygen atoms in total. The maximum atomic E-state index is 12.9. The van der Waals surface area contributed by atoms with Crippen LogP contribution in [0.4, 0.5) is 24.5 Å². The van der Waals surface area contributed by atoms with Crippen LogP contribution in [-0.4, -0.2) is 38.4 Å². The Hall–Kier alpha value is -3.08. The van der Waals surface area contributed by atoms with Gasteiger partial charge in [0.15, 0.2) is 9.84 Å². The number of nitrogens with one attached hydrogen (secondary N) is 1. The number of ether oxygens (including phenoxy) is 1. The quantitative estimate of drug-likeness (QED) is 0.695. The van der Waals surface area contributed by atoms with Crippen molar-refractivity contribution in [3.63, 3.8) is 0 Å². The number of sulfone groups is 1. The van der Waals surface area contributed by atoms with Gasteiger partial charge in [0.2, 0.25) is 11.8 Å². The van der Waals surface area contributed by atoms with E-state index in [1.165, 1.54) is 38.1 Å². The van der Waals surface area contributed by atoms with Crippen molar-refractivity contribution in [2.45, 2.75) is 43.2 Å². The van der Waals surface area contributed by atoms with Gasteiger partial charge in [0, 0.05) is 31.3 Å². The maximum absolute atomic E-state index is 12.9. The molecule has 0 bridgehead atoms. The molecule has 0 unspecified atom stereocenters. The minimum Gasteiger partial charge on any atom is -0.406 e. The van der Waals surface area contributed by atoms with Crippen LogP contribution in [0.1, 0.15) is 25.8 Å². The first-order chi connectivity index (χ1) is 14.9. The number of nitrogens with zero attached hydrogens (tertiary/aromatic N) is 1. The molecule has 2 amide bonds. The lowest BCUT2D eigenvalue weighted by molar-refractivity contribution is -0.274. The molecule has 3 rings (SSSR count). The van der Waals surface area contributed by atoms with E-state index in [2.05, 4.69) is 10.1 Å². The minimum absolute atomic E-state index is 0.0654. The minimum atomic E-state index is -4.82. The van der Waals surface area contributed by atoms with Gasteiger partial charge >= 0.3 is 6.36 Å². The highest BCUT2D eigenvalue weighted by molar-refractivity contribution is 7.92. The van der Waals surface area contributed by atoms with E-state index in [1.807, 2.05) is 0 Å². The lowest BCUT2D eigenvalue weighted by Gasteiger charge is -2.16. The highest BCUT2D eigenvalue weighted by Crippen LogP contribution is 2.32. The Morgan fingerprint density at radius 2 is 1.81 bits per heavy atom. The number of hydrogen-bond donors (Lipinski definition) is 1. The van der Waals surface area contributed by atoms with Crippen molar-refractivity contribution in [3.05, 3.63) is 48.0 Å². The molecule has 0 saturated heterocycles. The highest BCUT2D eigenvalue weighted by atomic mass is 32.2. The summed E-state index contributed by atoms with van der Waals surface area (Å²) in [4.78, 5) is 25.6. The highest BCUT2D eigenvalue weighted by Gasteiger charge is 2.31. The van der Waals surface area contributed by atoms with Crippen LogP contribution in [0.2, 0.25) is 0 Å². The van der Waals surface area contributed by atoms with E-state index in [1.54, 1.807) is 11.0 Å². The molecule has 2 aromatic carbocycles. The zero-order valence-corrected chi connectivity index (χ0v) is 18.1. The molecule has 0 fully saturated rings. The number of carbonyl (C=O) groups excluding carboxylic acids is 2. The van der Waals surface area contributed by atoms with E-state index in [9.17, 15) is 31.2 Å². The van der Waals surface area contributed by atoms with Crippen molar-refractivity contribution in [1.29, 1.82) is 0 Å². The first-order valence-corrected chi connectivity index (χ1v) is 11.2. The van der Waals surface area contributed by atoms with Gasteiger partial charge in [-0.25, -0.2) is 8.42 Å². The van der Waals surface area contributed by atoms with Gasteiger partial charge in [-0.2, -0.15) is 0 Å². The topological polar surface area (TPSA) is 92.8 Å². The van der Waals surface area contributed by atoms with E-state index < -0.39 is 33.1 Å². The number of carbonyl (C=O) groups is 2. The summed E-state index contributed by atoms with van der Waals surface area (Å²) < 4.78 is 66.2. The van der Waals surface area contributed by atoms with E-state index in [0.29, 0.717) is 18.7 Å². The maximum Gasteiger partial charge on any atom is 0.573 e. The van der Waals surface area contributed by atoms with Crippen LogP contribution in [0.25, 0.3) is 0 Å². The molecule has 1 atom stereocenters. The molecule has 11 heteroatoms. The van der Waals surface area contributed by atoms with Crippen LogP contribution in [0.5, 0.6) is 5.75 Å². The standard InChI is InChI=1S/C21H21F3N2O5S/c1-13(11-20(28)25-16-3-5-17(6-4-16)31-21(22,23)24)32(29,30)18-7-8-19-15(12-18)9-10-26(19)14(2)27/h3-8,12-13H,9-11H2,1-2H3,(H,25,28)/t13-/m1/s1. The molecule has 1 heterocycles. The first-order valence-electron chi connectivity index (χ1n) is 9.67. The lowest BCUT2D eigenvalue weighted by Crippen LogP contribution is -2.26. The monoisotopic (exact) mass is 470 g/mol. The summed E-state index contributed by atoms with van der Waals surface area (Å²) in [5.41, 5.74) is 1.63. The van der Waals surface area contributed by atoms with Crippen molar-refractivity contribution in [2.75, 3.05) is 16.8 Å². The van der Waals surface area contributed by atoms with Crippen molar-refractivity contribution < 1.29 is 35.9 Å². The van der Waals surface area contributed by atoms with E-state index in [-0.39, 0.29) is 22.9 Å². The van der Waals surface area contributed by atoms with Gasteiger partial charge in [0.25, 0.3) is 0 Å². The Morgan fingerprint density at radius 3 is 2.41 bits per heavy atom. The van der Waals surface area contributed by atoms with Crippen LogP contribution < -0.4 is 15.0 Å². The molecule has 2 aromatic rings. The first kappa shape index (κ1) is 23.6. The Morgan fingerprint density at radius 1 is 1.16 bits per heavy atom. The number of amides is 2. The number of fused-ring (bicyclic) bond motifs is 1. The zero-order chi connectivity index (χ0) is 23.7. The average Bonchev–Trinajstić information content (AvgIpc) is 3.11. The molecular formula is C21H21F3N2O5S. The second-order valence-electron chi connectivity index (χ2n) is 7.39. The van der Waals surface area contributed by atoms with Crippen LogP contribution >= 0.6 is 0 Å². The van der Waals surface area contributed by atoms with Gasteiger partial charge in [-0.15, -0.1) is 13.2 Å². The molecule has 0 aromatic heterocycles. The largest absolute Gasteiger partial charge is 0.573 e. The number of hydrogen-bond acceptors (Lipinski definition) is 5. The summed E-state index contributed by atoms with van der Waals surface area (Å²) >= 11 is 0. The number of rotatable bonds is 6. The third kappa shape index (κ3) is 5.39. The fourth-order valence-electron chi connectivity index (χ4n) is 3.44. The van der Waals surface area contributed by atoms with Gasteiger partial charge in [-0.3, -0.25) is 9.59 Å². The van der Waals surface area contributed by atoms with Crippen molar-refractivity contribution >= 4 is 33.0 Å². The van der Waals surface area contributed by atoms with Crippen LogP contribution in [-0.2, 0) is 25.8 Å². The number of halogens is 3. The number of anilines is 2. The Labute approximate surface area is 183 Å². The lowest BCUT2D eigenvalue weighted by atomic mass is 10.2. The summed E-state index contributed by atoms with van der Waals surface area (Å²) in [6.07, 6.45) is -4.63. The fourth-order valence-corrected chi connectivity index (χ4v) is 4.84. The summed E-state index contributed by atoms with van der Waals surface area (Å²) in [5.74, 6) is -1.16. The Kier molecular flexibility index (Phi) is 6.49. The summed E-state index contributed by atoms with van der Waals surface area (Å²) in [5, 5.41) is 1.42. The fraction of sp³-hybridized carbons (Fsp3) is 0.333. The second kappa shape index (κ2) is 8.81. The molecule has 0 saturated carbocycles. The second-order valence-corrected chi connectivity index (χ2v) is 9.76. The summed E-state index contributed by atoms with van der Waals surface area (Å²) in [6.45, 7) is 3.33. The SMILES string of the molecule is CC(=O)N1CCc2cc(S(=O)(=O)[C@H](C)CC(=O)Nc3ccc(OC(F)(F)F)cc3)ccc21. The third-order valence-corrected chi connectivity index (χ3v) is 7.17. The van der Waals surface area contributed by atoms with Gasteiger partial charge < -0.3 is 15.0 Å². The molecule has 1 N–H and O–H groups in total. The average molecular weight is 470 g/mol.